The van der Waals surface area contributed by atoms with Crippen molar-refractivity contribution in [2.45, 2.75) is 25.3 Å². The van der Waals surface area contributed by atoms with Gasteiger partial charge in [-0.15, -0.1) is 0 Å². The van der Waals surface area contributed by atoms with Gasteiger partial charge in [-0.1, -0.05) is 0 Å². The predicted octanol–water partition coefficient (Wildman–Crippen LogP) is 1.19. The molecule has 3 saturated heterocycles. The topological polar surface area (TPSA) is 42.0 Å². The second-order valence-electron chi connectivity index (χ2n) is 6.12. The number of carbonyl (C=O) groups is 1. The Morgan fingerprint density at radius 2 is 2.05 bits per heavy atom. The fourth-order valence-corrected chi connectivity index (χ4v) is 3.55. The number of amides is 1. The van der Waals surface area contributed by atoms with Crippen LogP contribution in [0.1, 0.15) is 19.3 Å². The van der Waals surface area contributed by atoms with Gasteiger partial charge < -0.3 is 19.3 Å². The molecule has 3 heterocycles. The van der Waals surface area contributed by atoms with E-state index in [1.807, 2.05) is 7.05 Å². The standard InChI is InChI=1S/C14H24N2O3/c1-15-13-9-16(8-11-3-6-18-7-4-11)5-2-12(13)10-19-14(15)17/h11-13H,2-10H2,1H3/t12-,13+/m0/s1. The first-order valence-electron chi connectivity index (χ1n) is 7.43. The Kier molecular flexibility index (Phi) is 3.93. The molecule has 0 aromatic carbocycles. The zero-order valence-electron chi connectivity index (χ0n) is 11.7. The van der Waals surface area contributed by atoms with Gasteiger partial charge in [0.25, 0.3) is 0 Å². The van der Waals surface area contributed by atoms with Crippen LogP contribution in [-0.2, 0) is 9.47 Å². The van der Waals surface area contributed by atoms with Gasteiger partial charge in [-0.3, -0.25) is 0 Å². The minimum atomic E-state index is -0.158. The lowest BCUT2D eigenvalue weighted by molar-refractivity contribution is -0.0256. The second kappa shape index (κ2) is 5.67. The van der Waals surface area contributed by atoms with E-state index in [0.29, 0.717) is 18.6 Å². The van der Waals surface area contributed by atoms with Crippen LogP contribution < -0.4 is 0 Å². The maximum Gasteiger partial charge on any atom is 0.409 e. The molecule has 3 aliphatic heterocycles. The van der Waals surface area contributed by atoms with Gasteiger partial charge in [0, 0.05) is 39.3 Å². The van der Waals surface area contributed by atoms with Crippen molar-refractivity contribution in [3.8, 4) is 0 Å². The summed E-state index contributed by atoms with van der Waals surface area (Å²) in [6.07, 6.45) is 3.35. The van der Waals surface area contributed by atoms with Gasteiger partial charge in [-0.05, 0) is 31.7 Å². The van der Waals surface area contributed by atoms with Crippen molar-refractivity contribution < 1.29 is 14.3 Å². The molecule has 0 bridgehead atoms. The summed E-state index contributed by atoms with van der Waals surface area (Å²) in [4.78, 5) is 15.9. The molecule has 5 nitrogen and oxygen atoms in total. The molecule has 0 aromatic heterocycles. The lowest BCUT2D eigenvalue weighted by Gasteiger charge is -2.46. The van der Waals surface area contributed by atoms with Crippen LogP contribution in [0.4, 0.5) is 4.79 Å². The number of rotatable bonds is 2. The molecule has 0 unspecified atom stereocenters. The molecule has 1 amide bonds. The minimum Gasteiger partial charge on any atom is -0.449 e. The molecule has 0 aliphatic carbocycles. The van der Waals surface area contributed by atoms with Crippen LogP contribution in [0.15, 0.2) is 0 Å². The molecular weight excluding hydrogens is 244 g/mol. The van der Waals surface area contributed by atoms with Gasteiger partial charge in [-0.2, -0.15) is 0 Å². The van der Waals surface area contributed by atoms with Crippen molar-refractivity contribution in [1.29, 1.82) is 0 Å². The zero-order chi connectivity index (χ0) is 13.2. The molecule has 0 N–H and O–H groups in total. The Bertz CT molecular complexity index is 331. The number of carbonyl (C=O) groups excluding carboxylic acids is 1. The predicted molar refractivity (Wildman–Crippen MR) is 71.0 cm³/mol. The number of fused-ring (bicyclic) bond motifs is 1. The monoisotopic (exact) mass is 268 g/mol. The van der Waals surface area contributed by atoms with Crippen LogP contribution in [0.25, 0.3) is 0 Å². The van der Waals surface area contributed by atoms with Crippen molar-refractivity contribution in [1.82, 2.24) is 9.80 Å². The van der Waals surface area contributed by atoms with E-state index in [1.54, 1.807) is 4.90 Å². The lowest BCUT2D eigenvalue weighted by atomic mass is 9.89. The smallest absolute Gasteiger partial charge is 0.409 e. The highest BCUT2D eigenvalue weighted by Crippen LogP contribution is 2.27. The van der Waals surface area contributed by atoms with Gasteiger partial charge in [0.05, 0.1) is 12.6 Å². The van der Waals surface area contributed by atoms with E-state index in [2.05, 4.69) is 4.90 Å². The number of nitrogens with zero attached hydrogens (tertiary/aromatic N) is 2. The summed E-state index contributed by atoms with van der Waals surface area (Å²) >= 11 is 0. The number of ether oxygens (including phenoxy) is 2. The van der Waals surface area contributed by atoms with Crippen LogP contribution >= 0.6 is 0 Å². The molecule has 0 spiro atoms. The molecule has 19 heavy (non-hydrogen) atoms. The minimum absolute atomic E-state index is 0.158. The fraction of sp³-hybridized carbons (Fsp3) is 0.929. The molecule has 5 heteroatoms. The third-order valence-electron chi connectivity index (χ3n) is 4.87. The third kappa shape index (κ3) is 2.87. The summed E-state index contributed by atoms with van der Waals surface area (Å²) in [6, 6.07) is 0.342. The summed E-state index contributed by atoms with van der Waals surface area (Å²) in [5, 5.41) is 0. The van der Waals surface area contributed by atoms with Crippen LogP contribution in [0, 0.1) is 11.8 Å². The first-order chi connectivity index (χ1) is 9.24. The molecule has 0 radical (unpaired) electrons. The summed E-state index contributed by atoms with van der Waals surface area (Å²) in [5.74, 6) is 1.29. The molecule has 3 rings (SSSR count). The van der Waals surface area contributed by atoms with E-state index < -0.39 is 0 Å². The van der Waals surface area contributed by atoms with Crippen molar-refractivity contribution in [3.05, 3.63) is 0 Å². The van der Waals surface area contributed by atoms with E-state index in [0.717, 1.165) is 45.2 Å². The van der Waals surface area contributed by atoms with Crippen molar-refractivity contribution in [2.24, 2.45) is 11.8 Å². The first-order valence-corrected chi connectivity index (χ1v) is 7.43. The van der Waals surface area contributed by atoms with Crippen LogP contribution in [0.3, 0.4) is 0 Å². The van der Waals surface area contributed by atoms with Gasteiger partial charge in [-0.25, -0.2) is 4.79 Å². The average Bonchev–Trinajstić information content (AvgIpc) is 2.45. The maximum absolute atomic E-state index is 11.6. The van der Waals surface area contributed by atoms with E-state index >= 15 is 0 Å². The lowest BCUT2D eigenvalue weighted by Crippen LogP contribution is -2.58. The van der Waals surface area contributed by atoms with Gasteiger partial charge in [0.1, 0.15) is 0 Å². The number of cyclic esters (lactones) is 1. The Morgan fingerprint density at radius 3 is 2.84 bits per heavy atom. The first kappa shape index (κ1) is 13.2. The van der Waals surface area contributed by atoms with Gasteiger partial charge in [0.15, 0.2) is 0 Å². The largest absolute Gasteiger partial charge is 0.449 e. The SMILES string of the molecule is CN1C(=O)OC[C@@H]2CCN(CC3CCOCC3)C[C@H]21. The summed E-state index contributed by atoms with van der Waals surface area (Å²) in [6.45, 7) is 5.75. The number of piperidine rings is 1. The highest BCUT2D eigenvalue weighted by atomic mass is 16.6. The number of likely N-dealkylation sites (N-methyl/N-ethyl adjacent to an activating group) is 1. The summed E-state index contributed by atoms with van der Waals surface area (Å²) in [7, 11) is 1.87. The summed E-state index contributed by atoms with van der Waals surface area (Å²) in [5.41, 5.74) is 0. The molecule has 2 atom stereocenters. The quantitative estimate of drug-likeness (QED) is 0.754. The highest BCUT2D eigenvalue weighted by molar-refractivity contribution is 5.68. The van der Waals surface area contributed by atoms with E-state index in [4.69, 9.17) is 9.47 Å². The Labute approximate surface area is 114 Å². The summed E-state index contributed by atoms with van der Waals surface area (Å²) < 4.78 is 10.6. The second-order valence-corrected chi connectivity index (χ2v) is 6.12. The molecule has 0 saturated carbocycles. The van der Waals surface area contributed by atoms with Crippen molar-refractivity contribution >= 4 is 6.09 Å². The Balaban J connectivity index is 1.55. The normalized spacial score (nSPS) is 33.9. The molecule has 3 fully saturated rings. The van der Waals surface area contributed by atoms with Gasteiger partial charge >= 0.3 is 6.09 Å². The molecule has 108 valence electrons. The highest BCUT2D eigenvalue weighted by Gasteiger charge is 2.39. The zero-order valence-corrected chi connectivity index (χ0v) is 11.7. The van der Waals surface area contributed by atoms with E-state index in [9.17, 15) is 4.79 Å². The van der Waals surface area contributed by atoms with Crippen LogP contribution in [-0.4, -0.2) is 68.4 Å². The van der Waals surface area contributed by atoms with Crippen molar-refractivity contribution in [2.75, 3.05) is 46.5 Å². The maximum atomic E-state index is 11.6. The number of likely N-dealkylation sites (tertiary alicyclic amines) is 1. The van der Waals surface area contributed by atoms with Crippen molar-refractivity contribution in [3.63, 3.8) is 0 Å². The van der Waals surface area contributed by atoms with E-state index in [-0.39, 0.29) is 6.09 Å². The van der Waals surface area contributed by atoms with Crippen LogP contribution in [0.2, 0.25) is 0 Å². The Morgan fingerprint density at radius 1 is 1.26 bits per heavy atom. The van der Waals surface area contributed by atoms with E-state index in [1.165, 1.54) is 12.8 Å². The number of hydrogen-bond donors (Lipinski definition) is 0. The van der Waals surface area contributed by atoms with Gasteiger partial charge in [0.2, 0.25) is 0 Å². The molecule has 3 aliphatic rings. The van der Waals surface area contributed by atoms with Crippen LogP contribution in [0.5, 0.6) is 0 Å². The third-order valence-corrected chi connectivity index (χ3v) is 4.87. The fourth-order valence-electron chi connectivity index (χ4n) is 3.55. The average molecular weight is 268 g/mol. The Hall–Kier alpha value is -0.810. The molecular formula is C14H24N2O3. The molecule has 0 aromatic rings. The number of hydrogen-bond acceptors (Lipinski definition) is 4.